The Hall–Kier alpha value is -2.22. The number of ether oxygens (including phenoxy) is 1. The van der Waals surface area contributed by atoms with Crippen molar-refractivity contribution >= 4 is 11.6 Å². The van der Waals surface area contributed by atoms with Crippen LogP contribution in [0, 0.1) is 18.2 Å². The minimum Gasteiger partial charge on any atom is -0.479 e. The van der Waals surface area contributed by atoms with Crippen LogP contribution in [0.1, 0.15) is 19.3 Å². The number of rotatable bonds is 5. The number of carbonyl (C=O) groups is 1. The normalized spacial score (nSPS) is 21.2. The average molecular weight is 288 g/mol. The number of amides is 1. The molecule has 0 radical (unpaired) electrons. The molecule has 0 spiro atoms. The Bertz CT molecular complexity index is 592. The second-order valence-corrected chi connectivity index (χ2v) is 5.38. The molecule has 0 aromatic heterocycles. The van der Waals surface area contributed by atoms with Crippen molar-refractivity contribution in [3.8, 4) is 18.1 Å². The Morgan fingerprint density at radius 1 is 1.43 bits per heavy atom. The van der Waals surface area contributed by atoms with Crippen LogP contribution in [0.5, 0.6) is 5.75 Å². The molecular formula is C16H17FN2O2. The van der Waals surface area contributed by atoms with Crippen LogP contribution in [0.15, 0.2) is 18.2 Å². The first kappa shape index (κ1) is 13.7. The maximum atomic E-state index is 13.3. The average Bonchev–Trinajstić information content (AvgIpc) is 3.25. The van der Waals surface area contributed by atoms with Crippen molar-refractivity contribution in [2.45, 2.75) is 31.3 Å². The molecule has 2 aliphatic rings. The molecule has 1 heterocycles. The van der Waals surface area contributed by atoms with Crippen molar-refractivity contribution < 1.29 is 13.9 Å². The highest BCUT2D eigenvalue weighted by Gasteiger charge is 2.40. The molecule has 1 amide bonds. The molecule has 1 saturated heterocycles. The number of terminal acetylenes is 1. The number of hydrogen-bond donors (Lipinski definition) is 1. The van der Waals surface area contributed by atoms with Gasteiger partial charge in [-0.3, -0.25) is 4.79 Å². The van der Waals surface area contributed by atoms with Crippen LogP contribution < -0.4 is 10.1 Å². The number of nitrogens with zero attached hydrogens (tertiary/aromatic N) is 1. The summed E-state index contributed by atoms with van der Waals surface area (Å²) in [6.45, 7) is 0.841. The fraction of sp³-hybridized carbons (Fsp3) is 0.438. The number of benzene rings is 1. The molecule has 110 valence electrons. The van der Waals surface area contributed by atoms with Gasteiger partial charge in [0, 0.05) is 18.7 Å². The van der Waals surface area contributed by atoms with E-state index in [1.807, 2.05) is 4.90 Å². The molecule has 1 atom stereocenters. The molecule has 2 fully saturated rings. The lowest BCUT2D eigenvalue weighted by atomic mass is 10.2. The Morgan fingerprint density at radius 2 is 2.24 bits per heavy atom. The van der Waals surface area contributed by atoms with E-state index in [-0.39, 0.29) is 18.6 Å². The second-order valence-electron chi connectivity index (χ2n) is 5.38. The lowest BCUT2D eigenvalue weighted by Crippen LogP contribution is -2.34. The summed E-state index contributed by atoms with van der Waals surface area (Å²) in [4.78, 5) is 14.2. The summed E-state index contributed by atoms with van der Waals surface area (Å²) in [7, 11) is 0. The first-order valence-corrected chi connectivity index (χ1v) is 7.12. The zero-order chi connectivity index (χ0) is 14.8. The third-order valence-corrected chi connectivity index (χ3v) is 3.81. The third kappa shape index (κ3) is 2.94. The maximum absolute atomic E-state index is 13.3. The fourth-order valence-corrected chi connectivity index (χ4v) is 2.63. The zero-order valence-corrected chi connectivity index (χ0v) is 11.6. The van der Waals surface area contributed by atoms with Gasteiger partial charge in [-0.15, -0.1) is 6.42 Å². The van der Waals surface area contributed by atoms with Crippen molar-refractivity contribution in [3.05, 3.63) is 24.0 Å². The molecule has 1 aromatic rings. The molecule has 1 aliphatic heterocycles. The van der Waals surface area contributed by atoms with Gasteiger partial charge in [0.1, 0.15) is 24.2 Å². The van der Waals surface area contributed by atoms with Crippen LogP contribution in [-0.4, -0.2) is 36.0 Å². The quantitative estimate of drug-likeness (QED) is 0.843. The highest BCUT2D eigenvalue weighted by Crippen LogP contribution is 2.33. The Balaban J connectivity index is 1.72. The molecule has 1 saturated carbocycles. The zero-order valence-electron chi connectivity index (χ0n) is 11.6. The molecule has 1 N–H and O–H groups in total. The van der Waals surface area contributed by atoms with Gasteiger partial charge >= 0.3 is 0 Å². The summed E-state index contributed by atoms with van der Waals surface area (Å²) < 4.78 is 18.6. The Morgan fingerprint density at radius 3 is 2.95 bits per heavy atom. The molecule has 4 nitrogen and oxygen atoms in total. The number of anilines is 1. The van der Waals surface area contributed by atoms with Crippen molar-refractivity contribution in [2.75, 3.05) is 18.5 Å². The Labute approximate surface area is 123 Å². The maximum Gasteiger partial charge on any atom is 0.245 e. The van der Waals surface area contributed by atoms with Gasteiger partial charge < -0.3 is 15.0 Å². The highest BCUT2D eigenvalue weighted by molar-refractivity contribution is 5.87. The largest absolute Gasteiger partial charge is 0.479 e. The van der Waals surface area contributed by atoms with Crippen molar-refractivity contribution in [3.63, 3.8) is 0 Å². The first-order chi connectivity index (χ1) is 10.2. The van der Waals surface area contributed by atoms with Gasteiger partial charge in [0.15, 0.2) is 0 Å². The molecule has 3 rings (SSSR count). The second kappa shape index (κ2) is 5.65. The fourth-order valence-electron chi connectivity index (χ4n) is 2.63. The molecule has 1 aliphatic carbocycles. The van der Waals surface area contributed by atoms with Gasteiger partial charge in [-0.2, -0.15) is 0 Å². The van der Waals surface area contributed by atoms with Crippen molar-refractivity contribution in [1.82, 2.24) is 4.90 Å². The van der Waals surface area contributed by atoms with E-state index in [0.717, 1.165) is 25.8 Å². The predicted octanol–water partition coefficient (Wildman–Crippen LogP) is 2.01. The summed E-state index contributed by atoms with van der Waals surface area (Å²) in [5.74, 6) is 2.40. The number of likely N-dealkylation sites (tertiary alicyclic amines) is 1. The highest BCUT2D eigenvalue weighted by atomic mass is 19.1. The molecule has 5 heteroatoms. The smallest absolute Gasteiger partial charge is 0.245 e. The van der Waals surface area contributed by atoms with Crippen LogP contribution in [0.25, 0.3) is 0 Å². The molecule has 0 bridgehead atoms. The van der Waals surface area contributed by atoms with Gasteiger partial charge in [0.05, 0.1) is 5.69 Å². The van der Waals surface area contributed by atoms with Gasteiger partial charge in [0.25, 0.3) is 0 Å². The van der Waals surface area contributed by atoms with Gasteiger partial charge in [-0.25, -0.2) is 4.39 Å². The number of nitrogens with one attached hydrogen (secondary N) is 1. The van der Waals surface area contributed by atoms with E-state index in [1.54, 1.807) is 6.07 Å². The van der Waals surface area contributed by atoms with Crippen molar-refractivity contribution in [1.29, 1.82) is 0 Å². The summed E-state index contributed by atoms with van der Waals surface area (Å²) in [5, 5.41) is 3.16. The van der Waals surface area contributed by atoms with Crippen LogP contribution in [0.2, 0.25) is 0 Å². The number of halogens is 1. The lowest BCUT2D eigenvalue weighted by Gasteiger charge is -2.18. The minimum atomic E-state index is -0.398. The molecule has 21 heavy (non-hydrogen) atoms. The summed E-state index contributed by atoms with van der Waals surface area (Å²) in [6, 6.07) is 4.34. The monoisotopic (exact) mass is 288 g/mol. The topological polar surface area (TPSA) is 41.6 Å². The van der Waals surface area contributed by atoms with E-state index >= 15 is 0 Å². The van der Waals surface area contributed by atoms with E-state index in [4.69, 9.17) is 11.2 Å². The summed E-state index contributed by atoms with van der Waals surface area (Å²) in [6.07, 6.45) is 8.12. The van der Waals surface area contributed by atoms with Crippen LogP contribution in [0.3, 0.4) is 0 Å². The van der Waals surface area contributed by atoms with E-state index < -0.39 is 5.82 Å². The molecular weight excluding hydrogens is 271 g/mol. The minimum absolute atomic E-state index is 0.0605. The first-order valence-electron chi connectivity index (χ1n) is 7.12. The van der Waals surface area contributed by atoms with Gasteiger partial charge in [0.2, 0.25) is 5.91 Å². The Kier molecular flexibility index (Phi) is 3.70. The molecule has 1 aromatic carbocycles. The lowest BCUT2D eigenvalue weighted by molar-refractivity contribution is -0.128. The number of hydrogen-bond acceptors (Lipinski definition) is 3. The van der Waals surface area contributed by atoms with E-state index in [2.05, 4.69) is 11.2 Å². The van der Waals surface area contributed by atoms with Crippen LogP contribution in [-0.2, 0) is 4.79 Å². The van der Waals surface area contributed by atoms with E-state index in [1.165, 1.54) is 12.1 Å². The van der Waals surface area contributed by atoms with Crippen LogP contribution in [0.4, 0.5) is 10.1 Å². The summed E-state index contributed by atoms with van der Waals surface area (Å²) >= 11 is 0. The molecule has 1 unspecified atom stereocenters. The van der Waals surface area contributed by atoms with Crippen molar-refractivity contribution in [2.24, 2.45) is 0 Å². The SMILES string of the molecule is C#CCOc1cc(F)ccc1NC1CCN(C2CC2)C1=O. The van der Waals surface area contributed by atoms with Gasteiger partial charge in [-0.05, 0) is 31.4 Å². The van der Waals surface area contributed by atoms with Gasteiger partial charge in [-0.1, -0.05) is 5.92 Å². The van der Waals surface area contributed by atoms with E-state index in [0.29, 0.717) is 17.5 Å². The predicted molar refractivity (Wildman–Crippen MR) is 77.5 cm³/mol. The van der Waals surface area contributed by atoms with E-state index in [9.17, 15) is 9.18 Å². The summed E-state index contributed by atoms with van der Waals surface area (Å²) in [5.41, 5.74) is 0.600. The number of carbonyl (C=O) groups excluding carboxylic acids is 1. The van der Waals surface area contributed by atoms with Crippen LogP contribution >= 0.6 is 0 Å². The third-order valence-electron chi connectivity index (χ3n) is 3.81. The standard InChI is InChI=1S/C16H17FN2O2/c1-2-9-21-15-10-11(17)3-6-13(15)18-14-7-8-19(16(14)20)12-4-5-12/h1,3,6,10,12,14,18H,4-5,7-9H2.